The number of carboxylic acids is 1. The van der Waals surface area contributed by atoms with E-state index in [0.717, 1.165) is 4.31 Å². The van der Waals surface area contributed by atoms with E-state index >= 15 is 0 Å². The molecule has 0 aromatic rings. The van der Waals surface area contributed by atoms with Gasteiger partial charge in [-0.05, 0) is 6.92 Å². The normalized spacial score (nSPS) is 13.6. The lowest BCUT2D eigenvalue weighted by molar-refractivity contribution is -0.134. The number of carboxylic acid groups (broad SMARTS) is 1. The van der Waals surface area contributed by atoms with Crippen LogP contribution in [0.25, 0.3) is 0 Å². The van der Waals surface area contributed by atoms with Crippen LogP contribution in [0.15, 0.2) is 0 Å². The Bertz CT molecular complexity index is 343. The molecule has 80 valence electrons. The van der Waals surface area contributed by atoms with Gasteiger partial charge in [0, 0.05) is 13.1 Å². The zero-order chi connectivity index (χ0) is 11.4. The minimum Gasteiger partial charge on any atom is -0.480 e. The highest BCUT2D eigenvalue weighted by molar-refractivity contribution is 7.89. The summed E-state index contributed by atoms with van der Waals surface area (Å²) in [6.45, 7) is 1.54. The molecule has 0 amide bonds. The molecule has 0 heterocycles. The van der Waals surface area contributed by atoms with Gasteiger partial charge in [-0.25, -0.2) is 12.7 Å². The van der Waals surface area contributed by atoms with E-state index in [0.29, 0.717) is 0 Å². The first-order chi connectivity index (χ1) is 6.31. The van der Waals surface area contributed by atoms with E-state index in [4.69, 9.17) is 10.4 Å². The fourth-order valence-electron chi connectivity index (χ4n) is 0.793. The molecule has 7 heteroatoms. The largest absolute Gasteiger partial charge is 0.480 e. The fraction of sp³-hybridized carbons (Fsp3) is 0.714. The van der Waals surface area contributed by atoms with Crippen molar-refractivity contribution in [1.29, 1.82) is 5.26 Å². The summed E-state index contributed by atoms with van der Waals surface area (Å²) in [7, 11) is -2.53. The second-order valence-corrected chi connectivity index (χ2v) is 4.91. The van der Waals surface area contributed by atoms with E-state index < -0.39 is 27.8 Å². The Morgan fingerprint density at radius 2 is 2.14 bits per heavy atom. The fourth-order valence-corrected chi connectivity index (χ4v) is 1.93. The van der Waals surface area contributed by atoms with Crippen LogP contribution in [0.4, 0.5) is 0 Å². The molecule has 0 radical (unpaired) electrons. The molecule has 0 bridgehead atoms. The number of nitriles is 1. The highest BCUT2D eigenvalue weighted by Crippen LogP contribution is 2.07. The minimum absolute atomic E-state index is 0.0371. The molecular weight excluding hydrogens is 208 g/mol. The van der Waals surface area contributed by atoms with Crippen molar-refractivity contribution in [2.45, 2.75) is 19.4 Å². The van der Waals surface area contributed by atoms with E-state index in [1.807, 2.05) is 6.07 Å². The van der Waals surface area contributed by atoms with Gasteiger partial charge in [0.2, 0.25) is 10.0 Å². The standard InChI is InChI=1S/C7H12N2O4S/c1-6(3-4-8)9(2)14(12,13)5-7(10)11/h6H,3,5H2,1-2H3,(H,10,11). The highest BCUT2D eigenvalue weighted by Gasteiger charge is 2.25. The summed E-state index contributed by atoms with van der Waals surface area (Å²) in [5.41, 5.74) is 0. The lowest BCUT2D eigenvalue weighted by atomic mass is 10.3. The Balaban J connectivity index is 4.60. The molecule has 1 unspecified atom stereocenters. The molecular formula is C7H12N2O4S. The Hall–Kier alpha value is -1.13. The Labute approximate surface area is 82.8 Å². The van der Waals surface area contributed by atoms with Crippen molar-refractivity contribution in [3.63, 3.8) is 0 Å². The maximum absolute atomic E-state index is 11.3. The molecule has 0 fully saturated rings. The number of rotatable bonds is 5. The predicted molar refractivity (Wildman–Crippen MR) is 48.9 cm³/mol. The highest BCUT2D eigenvalue weighted by atomic mass is 32.2. The van der Waals surface area contributed by atoms with Crippen LogP contribution in [0.1, 0.15) is 13.3 Å². The van der Waals surface area contributed by atoms with Crippen molar-refractivity contribution in [3.8, 4) is 6.07 Å². The third-order valence-corrected chi connectivity index (χ3v) is 3.60. The maximum Gasteiger partial charge on any atom is 0.320 e. The SMILES string of the molecule is CC(CC#N)N(C)S(=O)(=O)CC(=O)O. The van der Waals surface area contributed by atoms with Crippen LogP contribution in [-0.2, 0) is 14.8 Å². The zero-order valence-corrected chi connectivity index (χ0v) is 8.78. The van der Waals surface area contributed by atoms with E-state index in [1.54, 1.807) is 6.92 Å². The molecule has 14 heavy (non-hydrogen) atoms. The summed E-state index contributed by atoms with van der Waals surface area (Å²) >= 11 is 0. The van der Waals surface area contributed by atoms with E-state index in [1.165, 1.54) is 7.05 Å². The average molecular weight is 220 g/mol. The zero-order valence-electron chi connectivity index (χ0n) is 7.97. The average Bonchev–Trinajstić information content (AvgIpc) is 2.01. The van der Waals surface area contributed by atoms with Gasteiger partial charge in [0.05, 0.1) is 12.5 Å². The van der Waals surface area contributed by atoms with Gasteiger partial charge in [-0.2, -0.15) is 5.26 Å². The second-order valence-electron chi connectivity index (χ2n) is 2.88. The first kappa shape index (κ1) is 12.9. The smallest absolute Gasteiger partial charge is 0.320 e. The van der Waals surface area contributed by atoms with Crippen LogP contribution >= 0.6 is 0 Å². The molecule has 1 atom stereocenters. The summed E-state index contributed by atoms with van der Waals surface area (Å²) in [4.78, 5) is 10.2. The molecule has 0 aliphatic carbocycles. The van der Waals surface area contributed by atoms with Gasteiger partial charge in [0.1, 0.15) is 0 Å². The molecule has 0 aliphatic heterocycles. The summed E-state index contributed by atoms with van der Waals surface area (Å²) < 4.78 is 23.5. The monoisotopic (exact) mass is 220 g/mol. The second kappa shape index (κ2) is 4.93. The van der Waals surface area contributed by atoms with Crippen molar-refractivity contribution in [2.24, 2.45) is 0 Å². The van der Waals surface area contributed by atoms with Crippen LogP contribution in [0.2, 0.25) is 0 Å². The van der Waals surface area contributed by atoms with Crippen molar-refractivity contribution in [2.75, 3.05) is 12.8 Å². The maximum atomic E-state index is 11.3. The number of carbonyl (C=O) groups is 1. The Morgan fingerprint density at radius 3 is 2.50 bits per heavy atom. The van der Waals surface area contributed by atoms with Crippen LogP contribution < -0.4 is 0 Å². The van der Waals surface area contributed by atoms with Gasteiger partial charge in [0.25, 0.3) is 0 Å². The molecule has 0 rings (SSSR count). The number of aliphatic carboxylic acids is 1. The molecule has 0 spiro atoms. The first-order valence-corrected chi connectivity index (χ1v) is 5.46. The van der Waals surface area contributed by atoms with Crippen molar-refractivity contribution in [1.82, 2.24) is 4.31 Å². The molecule has 0 aromatic heterocycles. The summed E-state index contributed by atoms with van der Waals surface area (Å²) in [6, 6.07) is 1.31. The van der Waals surface area contributed by atoms with Crippen molar-refractivity contribution < 1.29 is 18.3 Å². The predicted octanol–water partition coefficient (Wildman–Crippen LogP) is -0.365. The van der Waals surface area contributed by atoms with Gasteiger partial charge in [-0.15, -0.1) is 0 Å². The lowest BCUT2D eigenvalue weighted by Gasteiger charge is -2.21. The molecule has 6 nitrogen and oxygen atoms in total. The van der Waals surface area contributed by atoms with Gasteiger partial charge in [0.15, 0.2) is 5.75 Å². The van der Waals surface area contributed by atoms with E-state index in [-0.39, 0.29) is 6.42 Å². The molecule has 0 aromatic carbocycles. The van der Waals surface area contributed by atoms with Crippen molar-refractivity contribution >= 4 is 16.0 Å². The van der Waals surface area contributed by atoms with Crippen LogP contribution in [0.5, 0.6) is 0 Å². The van der Waals surface area contributed by atoms with E-state index in [9.17, 15) is 13.2 Å². The topological polar surface area (TPSA) is 98.5 Å². The quantitative estimate of drug-likeness (QED) is 0.681. The number of nitrogens with zero attached hydrogens (tertiary/aromatic N) is 2. The van der Waals surface area contributed by atoms with Gasteiger partial charge in [-0.3, -0.25) is 4.79 Å². The number of hydrogen-bond acceptors (Lipinski definition) is 4. The third-order valence-electron chi connectivity index (χ3n) is 1.75. The lowest BCUT2D eigenvalue weighted by Crippen LogP contribution is -2.38. The van der Waals surface area contributed by atoms with Gasteiger partial charge >= 0.3 is 5.97 Å². The Kier molecular flexibility index (Phi) is 4.53. The number of hydrogen-bond donors (Lipinski definition) is 1. The van der Waals surface area contributed by atoms with Crippen LogP contribution in [0, 0.1) is 11.3 Å². The van der Waals surface area contributed by atoms with Gasteiger partial charge in [-0.1, -0.05) is 0 Å². The molecule has 1 N–H and O–H groups in total. The summed E-state index contributed by atoms with van der Waals surface area (Å²) in [6.07, 6.45) is 0.0371. The molecule has 0 saturated heterocycles. The third kappa shape index (κ3) is 3.72. The van der Waals surface area contributed by atoms with Crippen molar-refractivity contribution in [3.05, 3.63) is 0 Å². The number of sulfonamides is 1. The van der Waals surface area contributed by atoms with Gasteiger partial charge < -0.3 is 5.11 Å². The summed E-state index contributed by atoms with van der Waals surface area (Å²) in [5, 5.41) is 16.7. The van der Waals surface area contributed by atoms with Crippen LogP contribution in [-0.4, -0.2) is 42.6 Å². The van der Waals surface area contributed by atoms with Crippen LogP contribution in [0.3, 0.4) is 0 Å². The first-order valence-electron chi connectivity index (χ1n) is 3.85. The summed E-state index contributed by atoms with van der Waals surface area (Å²) in [5.74, 6) is -2.35. The van der Waals surface area contributed by atoms with E-state index in [2.05, 4.69) is 0 Å². The Morgan fingerprint density at radius 1 is 1.64 bits per heavy atom. The minimum atomic E-state index is -3.80. The molecule has 0 aliphatic rings. The molecule has 0 saturated carbocycles.